The van der Waals surface area contributed by atoms with Crippen molar-refractivity contribution in [2.75, 3.05) is 7.11 Å². The standard InChI is InChI=1S/C16H22O2/c1-10-7-13(18-2)5-6-14(10)16(17)15-9-11-3-4-12(15)8-11/h5-7,11-12,15-17H,3-4,8-9H2,1-2H3. The highest BCUT2D eigenvalue weighted by Gasteiger charge is 2.43. The van der Waals surface area contributed by atoms with E-state index in [1.807, 2.05) is 18.2 Å². The maximum Gasteiger partial charge on any atom is 0.119 e. The summed E-state index contributed by atoms with van der Waals surface area (Å²) in [5.74, 6) is 2.99. The van der Waals surface area contributed by atoms with Crippen LogP contribution in [0, 0.1) is 24.7 Å². The minimum atomic E-state index is -0.286. The van der Waals surface area contributed by atoms with Crippen molar-refractivity contribution in [1.82, 2.24) is 0 Å². The Morgan fingerprint density at radius 2 is 2.11 bits per heavy atom. The number of methoxy groups -OCH3 is 1. The second kappa shape index (κ2) is 4.58. The molecule has 2 aliphatic rings. The Bertz CT molecular complexity index is 441. The third-order valence-electron chi connectivity index (χ3n) is 4.99. The highest BCUT2D eigenvalue weighted by atomic mass is 16.5. The van der Waals surface area contributed by atoms with Gasteiger partial charge in [-0.3, -0.25) is 0 Å². The molecule has 0 aliphatic heterocycles. The lowest BCUT2D eigenvalue weighted by Gasteiger charge is -2.28. The molecule has 0 saturated heterocycles. The van der Waals surface area contributed by atoms with Crippen LogP contribution < -0.4 is 4.74 Å². The van der Waals surface area contributed by atoms with Gasteiger partial charge in [0, 0.05) is 0 Å². The van der Waals surface area contributed by atoms with Gasteiger partial charge < -0.3 is 9.84 Å². The molecule has 0 heterocycles. The van der Waals surface area contributed by atoms with Crippen LogP contribution in [0.15, 0.2) is 18.2 Å². The molecule has 1 aromatic rings. The van der Waals surface area contributed by atoms with Crippen LogP contribution in [0.5, 0.6) is 5.75 Å². The van der Waals surface area contributed by atoms with E-state index in [1.54, 1.807) is 7.11 Å². The molecule has 18 heavy (non-hydrogen) atoms. The van der Waals surface area contributed by atoms with Crippen molar-refractivity contribution in [3.63, 3.8) is 0 Å². The van der Waals surface area contributed by atoms with Crippen LogP contribution in [0.2, 0.25) is 0 Å². The van der Waals surface area contributed by atoms with Crippen LogP contribution in [-0.4, -0.2) is 12.2 Å². The van der Waals surface area contributed by atoms with Crippen molar-refractivity contribution in [2.24, 2.45) is 17.8 Å². The molecule has 4 unspecified atom stereocenters. The molecule has 0 spiro atoms. The fourth-order valence-corrected chi connectivity index (χ4v) is 4.02. The van der Waals surface area contributed by atoms with Gasteiger partial charge in [-0.05, 0) is 67.2 Å². The predicted octanol–water partition coefficient (Wildman–Crippen LogP) is 3.47. The van der Waals surface area contributed by atoms with Gasteiger partial charge in [-0.2, -0.15) is 0 Å². The van der Waals surface area contributed by atoms with Crippen molar-refractivity contribution in [2.45, 2.75) is 38.7 Å². The molecule has 4 atom stereocenters. The molecule has 1 N–H and O–H groups in total. The lowest BCUT2D eigenvalue weighted by molar-refractivity contribution is 0.0739. The number of rotatable bonds is 3. The summed E-state index contributed by atoms with van der Waals surface area (Å²) in [4.78, 5) is 0. The number of aliphatic hydroxyl groups excluding tert-OH is 1. The smallest absolute Gasteiger partial charge is 0.119 e. The van der Waals surface area contributed by atoms with Gasteiger partial charge in [0.25, 0.3) is 0 Å². The first-order valence-corrected chi connectivity index (χ1v) is 7.01. The van der Waals surface area contributed by atoms with Crippen LogP contribution >= 0.6 is 0 Å². The molecule has 0 aromatic heterocycles. The molecule has 1 aromatic carbocycles. The first-order chi connectivity index (χ1) is 8.69. The molecular formula is C16H22O2. The highest BCUT2D eigenvalue weighted by molar-refractivity contribution is 5.36. The van der Waals surface area contributed by atoms with Crippen LogP contribution in [0.3, 0.4) is 0 Å². The summed E-state index contributed by atoms with van der Waals surface area (Å²) < 4.78 is 5.22. The third kappa shape index (κ3) is 1.93. The normalized spacial score (nSPS) is 31.6. The number of aliphatic hydroxyl groups is 1. The lowest BCUT2D eigenvalue weighted by atomic mass is 9.81. The Kier molecular flexibility index (Phi) is 3.06. The van der Waals surface area contributed by atoms with E-state index < -0.39 is 0 Å². The zero-order chi connectivity index (χ0) is 12.7. The van der Waals surface area contributed by atoms with Gasteiger partial charge in [-0.1, -0.05) is 12.5 Å². The monoisotopic (exact) mass is 246 g/mol. The Balaban J connectivity index is 1.82. The SMILES string of the molecule is COc1ccc(C(O)C2CC3CCC2C3)c(C)c1. The fourth-order valence-electron chi connectivity index (χ4n) is 4.02. The number of hydrogen-bond donors (Lipinski definition) is 1. The molecule has 0 amide bonds. The molecule has 2 nitrogen and oxygen atoms in total. The average Bonchev–Trinajstić information content (AvgIpc) is 3.00. The van der Waals surface area contributed by atoms with E-state index in [0.717, 1.165) is 28.7 Å². The summed E-state index contributed by atoms with van der Waals surface area (Å²) >= 11 is 0. The highest BCUT2D eigenvalue weighted by Crippen LogP contribution is 2.52. The van der Waals surface area contributed by atoms with Crippen molar-refractivity contribution in [3.05, 3.63) is 29.3 Å². The van der Waals surface area contributed by atoms with E-state index in [4.69, 9.17) is 4.74 Å². The van der Waals surface area contributed by atoms with Gasteiger partial charge in [-0.15, -0.1) is 0 Å². The van der Waals surface area contributed by atoms with Crippen molar-refractivity contribution in [3.8, 4) is 5.75 Å². The number of benzene rings is 1. The Morgan fingerprint density at radius 3 is 2.67 bits per heavy atom. The van der Waals surface area contributed by atoms with E-state index >= 15 is 0 Å². The minimum absolute atomic E-state index is 0.286. The lowest BCUT2D eigenvalue weighted by Crippen LogP contribution is -2.19. The van der Waals surface area contributed by atoms with Gasteiger partial charge in [0.05, 0.1) is 13.2 Å². The average molecular weight is 246 g/mol. The molecule has 2 heteroatoms. The molecule has 2 fully saturated rings. The zero-order valence-corrected chi connectivity index (χ0v) is 11.2. The van der Waals surface area contributed by atoms with Crippen LogP contribution in [-0.2, 0) is 0 Å². The van der Waals surface area contributed by atoms with Gasteiger partial charge in [0.1, 0.15) is 5.75 Å². The second-order valence-electron chi connectivity index (χ2n) is 6.01. The molecular weight excluding hydrogens is 224 g/mol. The Labute approximate surface area is 109 Å². The van der Waals surface area contributed by atoms with E-state index in [0.29, 0.717) is 5.92 Å². The predicted molar refractivity (Wildman–Crippen MR) is 71.6 cm³/mol. The number of ether oxygens (including phenoxy) is 1. The topological polar surface area (TPSA) is 29.5 Å². The maximum absolute atomic E-state index is 10.6. The van der Waals surface area contributed by atoms with Gasteiger partial charge in [0.2, 0.25) is 0 Å². The summed E-state index contributed by atoms with van der Waals surface area (Å²) in [6.45, 7) is 2.06. The molecule has 2 aliphatic carbocycles. The van der Waals surface area contributed by atoms with Gasteiger partial charge in [0.15, 0.2) is 0 Å². The summed E-state index contributed by atoms with van der Waals surface area (Å²) in [5.41, 5.74) is 2.23. The van der Waals surface area contributed by atoms with E-state index in [9.17, 15) is 5.11 Å². The first-order valence-electron chi connectivity index (χ1n) is 7.01. The summed E-state index contributed by atoms with van der Waals surface area (Å²) in [7, 11) is 1.68. The zero-order valence-electron chi connectivity index (χ0n) is 11.2. The van der Waals surface area contributed by atoms with E-state index in [1.165, 1.54) is 25.7 Å². The third-order valence-corrected chi connectivity index (χ3v) is 4.99. The van der Waals surface area contributed by atoms with E-state index in [-0.39, 0.29) is 6.10 Å². The first kappa shape index (κ1) is 12.0. The number of fused-ring (bicyclic) bond motifs is 2. The number of aryl methyl sites for hydroxylation is 1. The van der Waals surface area contributed by atoms with Crippen LogP contribution in [0.25, 0.3) is 0 Å². The molecule has 2 saturated carbocycles. The quantitative estimate of drug-likeness (QED) is 0.885. The largest absolute Gasteiger partial charge is 0.497 e. The summed E-state index contributed by atoms with van der Waals surface area (Å²) in [6, 6.07) is 6.01. The van der Waals surface area contributed by atoms with E-state index in [2.05, 4.69) is 6.92 Å². The van der Waals surface area contributed by atoms with Crippen molar-refractivity contribution < 1.29 is 9.84 Å². The minimum Gasteiger partial charge on any atom is -0.497 e. The Hall–Kier alpha value is -1.02. The molecule has 3 rings (SSSR count). The van der Waals surface area contributed by atoms with Gasteiger partial charge >= 0.3 is 0 Å². The molecule has 2 bridgehead atoms. The fraction of sp³-hybridized carbons (Fsp3) is 0.625. The second-order valence-corrected chi connectivity index (χ2v) is 6.01. The summed E-state index contributed by atoms with van der Waals surface area (Å²) in [6.07, 6.45) is 4.98. The van der Waals surface area contributed by atoms with Crippen molar-refractivity contribution in [1.29, 1.82) is 0 Å². The Morgan fingerprint density at radius 1 is 1.28 bits per heavy atom. The number of hydrogen-bond acceptors (Lipinski definition) is 2. The molecule has 98 valence electrons. The maximum atomic E-state index is 10.6. The van der Waals surface area contributed by atoms with Gasteiger partial charge in [-0.25, -0.2) is 0 Å². The van der Waals surface area contributed by atoms with Crippen LogP contribution in [0.4, 0.5) is 0 Å². The van der Waals surface area contributed by atoms with Crippen LogP contribution in [0.1, 0.15) is 42.9 Å². The summed E-state index contributed by atoms with van der Waals surface area (Å²) in [5, 5.41) is 10.6. The molecule has 0 radical (unpaired) electrons. The van der Waals surface area contributed by atoms with Crippen molar-refractivity contribution >= 4 is 0 Å².